The van der Waals surface area contributed by atoms with Gasteiger partial charge in [0.2, 0.25) is 0 Å². The van der Waals surface area contributed by atoms with Crippen molar-refractivity contribution in [2.24, 2.45) is 0 Å². The molecular formula is C11H15ClO2. The van der Waals surface area contributed by atoms with Crippen LogP contribution in [-0.4, -0.2) is 12.2 Å². The van der Waals surface area contributed by atoms with E-state index in [1.54, 1.807) is 27.0 Å². The van der Waals surface area contributed by atoms with Crippen LogP contribution in [0.5, 0.6) is 5.75 Å². The zero-order valence-electron chi connectivity index (χ0n) is 8.89. The van der Waals surface area contributed by atoms with Crippen molar-refractivity contribution in [2.45, 2.75) is 26.4 Å². The van der Waals surface area contributed by atoms with E-state index in [1.165, 1.54) is 0 Å². The molecule has 1 aromatic carbocycles. The molecule has 1 aromatic rings. The van der Waals surface area contributed by atoms with Crippen LogP contribution in [0.4, 0.5) is 0 Å². The molecule has 2 nitrogen and oxygen atoms in total. The molecule has 78 valence electrons. The summed E-state index contributed by atoms with van der Waals surface area (Å²) in [6.07, 6.45) is 0. The third kappa shape index (κ3) is 2.02. The molecule has 0 bridgehead atoms. The number of hydrogen-bond donors (Lipinski definition) is 1. The minimum atomic E-state index is -0.992. The zero-order valence-corrected chi connectivity index (χ0v) is 9.64. The van der Waals surface area contributed by atoms with Crippen LogP contribution in [0, 0.1) is 6.92 Å². The summed E-state index contributed by atoms with van der Waals surface area (Å²) >= 11 is 6.02. The van der Waals surface area contributed by atoms with Crippen LogP contribution in [0.1, 0.15) is 25.0 Å². The Bertz CT molecular complexity index is 340. The maximum Gasteiger partial charge on any atom is 0.129 e. The van der Waals surface area contributed by atoms with Crippen LogP contribution in [0.2, 0.25) is 5.02 Å². The van der Waals surface area contributed by atoms with Crippen LogP contribution in [-0.2, 0) is 5.60 Å². The summed E-state index contributed by atoms with van der Waals surface area (Å²) in [5.74, 6) is 0.657. The molecule has 0 atom stereocenters. The Kier molecular flexibility index (Phi) is 3.07. The Balaban J connectivity index is 3.46. The molecule has 0 spiro atoms. The van der Waals surface area contributed by atoms with Gasteiger partial charge >= 0.3 is 0 Å². The number of benzene rings is 1. The smallest absolute Gasteiger partial charge is 0.129 e. The summed E-state index contributed by atoms with van der Waals surface area (Å²) in [6, 6.07) is 3.64. The van der Waals surface area contributed by atoms with E-state index >= 15 is 0 Å². The summed E-state index contributed by atoms with van der Waals surface area (Å²) in [7, 11) is 1.58. The topological polar surface area (TPSA) is 29.5 Å². The molecule has 1 rings (SSSR count). The Morgan fingerprint density at radius 1 is 1.36 bits per heavy atom. The first-order chi connectivity index (χ1) is 6.38. The van der Waals surface area contributed by atoms with Gasteiger partial charge in [-0.2, -0.15) is 0 Å². The second kappa shape index (κ2) is 3.79. The second-order valence-electron chi connectivity index (χ2n) is 3.83. The molecule has 0 fully saturated rings. The first-order valence-electron chi connectivity index (χ1n) is 4.44. The van der Waals surface area contributed by atoms with E-state index in [-0.39, 0.29) is 0 Å². The van der Waals surface area contributed by atoms with Crippen LogP contribution in [0.3, 0.4) is 0 Å². The SMILES string of the molecule is COc1c(C)ccc(Cl)c1C(C)(C)O. The number of halogens is 1. The highest BCUT2D eigenvalue weighted by Gasteiger charge is 2.25. The molecule has 0 aliphatic rings. The number of aryl methyl sites for hydroxylation is 1. The third-order valence-electron chi connectivity index (χ3n) is 2.12. The van der Waals surface area contributed by atoms with Crippen molar-refractivity contribution in [3.8, 4) is 5.75 Å². The largest absolute Gasteiger partial charge is 0.496 e. The maximum atomic E-state index is 9.94. The first-order valence-corrected chi connectivity index (χ1v) is 4.81. The molecule has 0 aliphatic heterocycles. The predicted octanol–water partition coefficient (Wildman–Crippen LogP) is 2.88. The summed E-state index contributed by atoms with van der Waals surface area (Å²) < 4.78 is 5.24. The van der Waals surface area contributed by atoms with Gasteiger partial charge in [0.15, 0.2) is 0 Å². The Hall–Kier alpha value is -0.730. The number of methoxy groups -OCH3 is 1. The lowest BCUT2D eigenvalue weighted by molar-refractivity contribution is 0.0756. The van der Waals surface area contributed by atoms with Crippen LogP contribution in [0.15, 0.2) is 12.1 Å². The highest BCUT2D eigenvalue weighted by molar-refractivity contribution is 6.31. The predicted molar refractivity (Wildman–Crippen MR) is 58.0 cm³/mol. The van der Waals surface area contributed by atoms with Gasteiger partial charge in [0.05, 0.1) is 17.7 Å². The average molecular weight is 215 g/mol. The van der Waals surface area contributed by atoms with Crippen molar-refractivity contribution in [1.29, 1.82) is 0 Å². The summed E-state index contributed by atoms with van der Waals surface area (Å²) in [6.45, 7) is 5.30. The maximum absolute atomic E-state index is 9.94. The van der Waals surface area contributed by atoms with Crippen molar-refractivity contribution in [2.75, 3.05) is 7.11 Å². The number of ether oxygens (including phenoxy) is 1. The summed E-state index contributed by atoms with van der Waals surface area (Å²) in [4.78, 5) is 0. The fourth-order valence-electron chi connectivity index (χ4n) is 1.50. The summed E-state index contributed by atoms with van der Waals surface area (Å²) in [5, 5.41) is 10.5. The van der Waals surface area contributed by atoms with Gasteiger partial charge < -0.3 is 9.84 Å². The molecule has 0 saturated heterocycles. The molecule has 0 amide bonds. The van der Waals surface area contributed by atoms with Gasteiger partial charge in [0.1, 0.15) is 5.75 Å². The van der Waals surface area contributed by atoms with E-state index in [0.29, 0.717) is 16.3 Å². The molecule has 0 radical (unpaired) electrons. The van der Waals surface area contributed by atoms with Gasteiger partial charge in [-0.3, -0.25) is 0 Å². The standard InChI is InChI=1S/C11H15ClO2/c1-7-5-6-8(12)9(10(7)14-4)11(2,3)13/h5-6,13H,1-4H3. The molecule has 3 heteroatoms. The first kappa shape index (κ1) is 11.3. The van der Waals surface area contributed by atoms with Crippen LogP contribution < -0.4 is 4.74 Å². The van der Waals surface area contributed by atoms with Crippen molar-refractivity contribution in [1.82, 2.24) is 0 Å². The quantitative estimate of drug-likeness (QED) is 0.821. The molecule has 0 aliphatic carbocycles. The second-order valence-corrected chi connectivity index (χ2v) is 4.24. The van der Waals surface area contributed by atoms with E-state index in [4.69, 9.17) is 16.3 Å². The van der Waals surface area contributed by atoms with Crippen LogP contribution >= 0.6 is 11.6 Å². The van der Waals surface area contributed by atoms with E-state index < -0.39 is 5.60 Å². The number of aliphatic hydroxyl groups is 1. The molecular weight excluding hydrogens is 200 g/mol. The van der Waals surface area contributed by atoms with E-state index in [1.807, 2.05) is 13.0 Å². The Morgan fingerprint density at radius 2 is 1.93 bits per heavy atom. The fourth-order valence-corrected chi connectivity index (χ4v) is 1.88. The van der Waals surface area contributed by atoms with Gasteiger partial charge in [-0.1, -0.05) is 17.7 Å². The molecule has 0 unspecified atom stereocenters. The van der Waals surface area contributed by atoms with Crippen LogP contribution in [0.25, 0.3) is 0 Å². The number of rotatable bonds is 2. The normalized spacial score (nSPS) is 11.6. The highest BCUT2D eigenvalue weighted by atomic mass is 35.5. The van der Waals surface area contributed by atoms with Gasteiger partial charge in [-0.25, -0.2) is 0 Å². The zero-order chi connectivity index (χ0) is 10.9. The van der Waals surface area contributed by atoms with E-state index in [9.17, 15) is 5.11 Å². The minimum absolute atomic E-state index is 0.528. The Labute approximate surface area is 89.5 Å². The third-order valence-corrected chi connectivity index (χ3v) is 2.43. The summed E-state index contributed by atoms with van der Waals surface area (Å²) in [5.41, 5.74) is 0.616. The highest BCUT2D eigenvalue weighted by Crippen LogP contribution is 2.37. The molecule has 14 heavy (non-hydrogen) atoms. The van der Waals surface area contributed by atoms with Crippen molar-refractivity contribution < 1.29 is 9.84 Å². The molecule has 0 heterocycles. The minimum Gasteiger partial charge on any atom is -0.496 e. The lowest BCUT2D eigenvalue weighted by Gasteiger charge is -2.23. The van der Waals surface area contributed by atoms with Gasteiger partial charge in [0, 0.05) is 5.56 Å². The van der Waals surface area contributed by atoms with Crippen molar-refractivity contribution in [3.05, 3.63) is 28.3 Å². The molecule has 0 saturated carbocycles. The average Bonchev–Trinajstić information content (AvgIpc) is 2.06. The lowest BCUT2D eigenvalue weighted by Crippen LogP contribution is -2.18. The van der Waals surface area contributed by atoms with Crippen molar-refractivity contribution >= 4 is 11.6 Å². The lowest BCUT2D eigenvalue weighted by atomic mass is 9.95. The molecule has 1 N–H and O–H groups in total. The monoisotopic (exact) mass is 214 g/mol. The van der Waals surface area contributed by atoms with E-state index in [2.05, 4.69) is 0 Å². The molecule has 0 aromatic heterocycles. The number of hydrogen-bond acceptors (Lipinski definition) is 2. The van der Waals surface area contributed by atoms with E-state index in [0.717, 1.165) is 5.56 Å². The van der Waals surface area contributed by atoms with Crippen molar-refractivity contribution in [3.63, 3.8) is 0 Å². The Morgan fingerprint density at radius 3 is 2.29 bits per heavy atom. The van der Waals surface area contributed by atoms with Gasteiger partial charge in [0.25, 0.3) is 0 Å². The van der Waals surface area contributed by atoms with Gasteiger partial charge in [-0.15, -0.1) is 0 Å². The fraction of sp³-hybridized carbons (Fsp3) is 0.455. The van der Waals surface area contributed by atoms with Gasteiger partial charge in [-0.05, 0) is 32.4 Å².